The van der Waals surface area contributed by atoms with Gasteiger partial charge in [0, 0.05) is 17.1 Å². The zero-order chi connectivity index (χ0) is 30.2. The van der Waals surface area contributed by atoms with E-state index < -0.39 is 28.5 Å². The number of sulfonamides is 1. The van der Waals surface area contributed by atoms with E-state index in [9.17, 15) is 18.0 Å². The fourth-order valence-corrected chi connectivity index (χ4v) is 6.01. The molecule has 0 saturated carbocycles. The normalized spacial score (nSPS) is 12.1. The molecule has 1 atom stereocenters. The van der Waals surface area contributed by atoms with Crippen LogP contribution in [-0.4, -0.2) is 50.4 Å². The van der Waals surface area contributed by atoms with Crippen LogP contribution in [0.2, 0.25) is 0 Å². The van der Waals surface area contributed by atoms with Crippen molar-refractivity contribution in [3.8, 4) is 5.75 Å². The molecule has 0 spiro atoms. The number of carbonyl (C=O) groups excluding carboxylic acids is 2. The highest BCUT2D eigenvalue weighted by Gasteiger charge is 2.33. The molecular weight excluding hydrogens is 606 g/mol. The molecule has 3 aromatic rings. The largest absolute Gasteiger partial charge is 0.494 e. The third kappa shape index (κ3) is 8.56. The van der Waals surface area contributed by atoms with Gasteiger partial charge in [-0.05, 0) is 88.2 Å². The fourth-order valence-electron chi connectivity index (χ4n) is 4.33. The highest BCUT2D eigenvalue weighted by Crippen LogP contribution is 2.27. The van der Waals surface area contributed by atoms with Gasteiger partial charge in [-0.15, -0.1) is 0 Å². The molecule has 0 heterocycles. The molecular formula is C31H38BrN3O5S. The molecule has 3 rings (SSSR count). The highest BCUT2D eigenvalue weighted by atomic mass is 79.9. The van der Waals surface area contributed by atoms with Crippen LogP contribution < -0.4 is 14.4 Å². The zero-order valence-corrected chi connectivity index (χ0v) is 26.5. The summed E-state index contributed by atoms with van der Waals surface area (Å²) >= 11 is 3.35. The Bertz CT molecular complexity index is 1410. The smallest absolute Gasteiger partial charge is 0.264 e. The Hall–Kier alpha value is -3.37. The number of aryl methyl sites for hydroxylation is 1. The van der Waals surface area contributed by atoms with Crippen molar-refractivity contribution in [1.29, 1.82) is 0 Å². The molecule has 41 heavy (non-hydrogen) atoms. The summed E-state index contributed by atoms with van der Waals surface area (Å²) in [6, 6.07) is 19.6. The molecule has 0 aliphatic carbocycles. The van der Waals surface area contributed by atoms with E-state index in [2.05, 4.69) is 21.2 Å². The Balaban J connectivity index is 2.06. The minimum Gasteiger partial charge on any atom is -0.494 e. The molecule has 0 fully saturated rings. The number of nitrogens with one attached hydrogen (secondary N) is 1. The summed E-state index contributed by atoms with van der Waals surface area (Å²) in [5.74, 6) is -0.196. The monoisotopic (exact) mass is 643 g/mol. The molecule has 0 saturated heterocycles. The predicted octanol–water partition coefficient (Wildman–Crippen LogP) is 5.68. The van der Waals surface area contributed by atoms with Crippen LogP contribution in [-0.2, 0) is 26.2 Å². The number of rotatable bonds is 13. The molecule has 3 aromatic carbocycles. The third-order valence-electron chi connectivity index (χ3n) is 6.41. The van der Waals surface area contributed by atoms with Gasteiger partial charge in [0.25, 0.3) is 10.0 Å². The SMILES string of the molecule is CCOc1ccc(N(CC(=O)N(Cc2ccc(C)cc2)[C@H](CC)C(=O)NC(C)C)S(=O)(=O)c2ccc(Br)cc2)cc1. The van der Waals surface area contributed by atoms with Crippen LogP contribution in [0.25, 0.3) is 0 Å². The number of nitrogens with zero attached hydrogens (tertiary/aromatic N) is 2. The van der Waals surface area contributed by atoms with Crippen molar-refractivity contribution in [3.63, 3.8) is 0 Å². The second kappa shape index (κ2) is 14.5. The Morgan fingerprint density at radius 1 is 0.927 bits per heavy atom. The second-order valence-corrected chi connectivity index (χ2v) is 12.8. The average molecular weight is 645 g/mol. The fraction of sp³-hybridized carbons (Fsp3) is 0.355. The molecule has 2 amide bonds. The number of anilines is 1. The Morgan fingerprint density at radius 3 is 2.07 bits per heavy atom. The molecule has 0 unspecified atom stereocenters. The number of benzene rings is 3. The van der Waals surface area contributed by atoms with Crippen LogP contribution in [0.4, 0.5) is 5.69 Å². The topological polar surface area (TPSA) is 96.0 Å². The quantitative estimate of drug-likeness (QED) is 0.258. The van der Waals surface area contributed by atoms with Crippen molar-refractivity contribution in [2.45, 2.75) is 64.6 Å². The van der Waals surface area contributed by atoms with Gasteiger partial charge in [0.15, 0.2) is 0 Å². The lowest BCUT2D eigenvalue weighted by atomic mass is 10.1. The average Bonchev–Trinajstić information content (AvgIpc) is 2.93. The molecule has 220 valence electrons. The Kier molecular flexibility index (Phi) is 11.4. The van der Waals surface area contributed by atoms with Crippen LogP contribution in [0.1, 0.15) is 45.2 Å². The van der Waals surface area contributed by atoms with Gasteiger partial charge >= 0.3 is 0 Å². The van der Waals surface area contributed by atoms with E-state index in [-0.39, 0.29) is 23.4 Å². The number of carbonyl (C=O) groups is 2. The summed E-state index contributed by atoms with van der Waals surface area (Å²) in [7, 11) is -4.15. The maximum atomic E-state index is 14.1. The van der Waals surface area contributed by atoms with Crippen molar-refractivity contribution < 1.29 is 22.7 Å². The van der Waals surface area contributed by atoms with Crippen molar-refractivity contribution >= 4 is 43.5 Å². The van der Waals surface area contributed by atoms with Gasteiger partial charge in [0.2, 0.25) is 11.8 Å². The van der Waals surface area contributed by atoms with Crippen molar-refractivity contribution in [3.05, 3.63) is 88.4 Å². The van der Waals surface area contributed by atoms with E-state index >= 15 is 0 Å². The molecule has 0 aliphatic rings. The van der Waals surface area contributed by atoms with Crippen molar-refractivity contribution in [2.24, 2.45) is 0 Å². The number of amides is 2. The number of halogens is 1. The first-order valence-electron chi connectivity index (χ1n) is 13.6. The van der Waals surface area contributed by atoms with Gasteiger partial charge in [-0.25, -0.2) is 8.42 Å². The van der Waals surface area contributed by atoms with E-state index in [1.54, 1.807) is 36.4 Å². The van der Waals surface area contributed by atoms with Gasteiger partial charge in [-0.3, -0.25) is 13.9 Å². The maximum Gasteiger partial charge on any atom is 0.264 e. The summed E-state index contributed by atoms with van der Waals surface area (Å²) in [6.45, 7) is 9.50. The van der Waals surface area contributed by atoms with E-state index in [1.165, 1.54) is 17.0 Å². The predicted molar refractivity (Wildman–Crippen MR) is 165 cm³/mol. The first kappa shape index (κ1) is 32.1. The molecule has 0 aliphatic heterocycles. The standard InChI is InChI=1S/C31H38BrN3O5S/c1-6-29(31(37)33-22(3)4)34(20-24-10-8-23(5)9-11-24)30(36)21-35(26-14-16-27(17-15-26)40-7-2)41(38,39)28-18-12-25(32)13-19-28/h8-19,22,29H,6-7,20-21H2,1-5H3,(H,33,37)/t29-/m1/s1. The lowest BCUT2D eigenvalue weighted by Gasteiger charge is -2.33. The first-order chi connectivity index (χ1) is 19.5. The molecule has 8 nitrogen and oxygen atoms in total. The highest BCUT2D eigenvalue weighted by molar-refractivity contribution is 9.10. The van der Waals surface area contributed by atoms with Gasteiger partial charge in [0.05, 0.1) is 17.2 Å². The van der Waals surface area contributed by atoms with Crippen LogP contribution in [0.3, 0.4) is 0 Å². The summed E-state index contributed by atoms with van der Waals surface area (Å²) in [5, 5.41) is 2.91. The number of hydrogen-bond donors (Lipinski definition) is 1. The Labute approximate surface area is 251 Å². The zero-order valence-electron chi connectivity index (χ0n) is 24.1. The van der Waals surface area contributed by atoms with Gasteiger partial charge in [-0.1, -0.05) is 52.7 Å². The van der Waals surface area contributed by atoms with Crippen LogP contribution in [0, 0.1) is 6.92 Å². The van der Waals surface area contributed by atoms with E-state index in [4.69, 9.17) is 4.74 Å². The lowest BCUT2D eigenvalue weighted by Crippen LogP contribution is -2.53. The molecule has 0 aromatic heterocycles. The first-order valence-corrected chi connectivity index (χ1v) is 15.9. The molecule has 0 radical (unpaired) electrons. The van der Waals surface area contributed by atoms with E-state index in [0.717, 1.165) is 19.9 Å². The summed E-state index contributed by atoms with van der Waals surface area (Å²) < 4.78 is 35.3. The molecule has 10 heteroatoms. The number of hydrogen-bond acceptors (Lipinski definition) is 5. The van der Waals surface area contributed by atoms with Crippen molar-refractivity contribution in [1.82, 2.24) is 10.2 Å². The Morgan fingerprint density at radius 2 is 1.54 bits per heavy atom. The third-order valence-corrected chi connectivity index (χ3v) is 8.72. The number of ether oxygens (including phenoxy) is 1. The summed E-state index contributed by atoms with van der Waals surface area (Å²) in [6.07, 6.45) is 0.360. The van der Waals surface area contributed by atoms with Crippen LogP contribution in [0.5, 0.6) is 5.75 Å². The summed E-state index contributed by atoms with van der Waals surface area (Å²) in [4.78, 5) is 28.8. The molecule has 1 N–H and O–H groups in total. The maximum absolute atomic E-state index is 14.1. The van der Waals surface area contributed by atoms with E-state index in [1.807, 2.05) is 58.9 Å². The van der Waals surface area contributed by atoms with Gasteiger partial charge < -0.3 is 15.0 Å². The van der Waals surface area contributed by atoms with Crippen LogP contribution >= 0.6 is 15.9 Å². The summed E-state index contributed by atoms with van der Waals surface area (Å²) in [5.41, 5.74) is 2.21. The van der Waals surface area contributed by atoms with Crippen LogP contribution in [0.15, 0.2) is 82.2 Å². The lowest BCUT2D eigenvalue weighted by molar-refractivity contribution is -0.140. The van der Waals surface area contributed by atoms with E-state index in [0.29, 0.717) is 24.5 Å². The van der Waals surface area contributed by atoms with Crippen molar-refractivity contribution in [2.75, 3.05) is 17.5 Å². The van der Waals surface area contributed by atoms with Gasteiger partial charge in [-0.2, -0.15) is 0 Å². The second-order valence-electron chi connectivity index (χ2n) is 9.99. The minimum absolute atomic E-state index is 0.0389. The minimum atomic E-state index is -4.15. The van der Waals surface area contributed by atoms with Gasteiger partial charge in [0.1, 0.15) is 18.3 Å². The molecule has 0 bridgehead atoms.